The highest BCUT2D eigenvalue weighted by molar-refractivity contribution is 5.82. The molecule has 0 aliphatic carbocycles. The Balaban J connectivity index is 1.27. The van der Waals surface area contributed by atoms with Gasteiger partial charge in [-0.2, -0.15) is 0 Å². The van der Waals surface area contributed by atoms with Crippen molar-refractivity contribution in [2.45, 2.75) is 45.3 Å². The number of amides is 1. The zero-order chi connectivity index (χ0) is 19.5. The van der Waals surface area contributed by atoms with E-state index >= 15 is 0 Å². The number of hydrogen-bond acceptors (Lipinski definition) is 6. The molecule has 1 aliphatic rings. The summed E-state index contributed by atoms with van der Waals surface area (Å²) in [5, 5.41) is 2.98. The number of imidazole rings is 1. The maximum atomic E-state index is 12.5. The van der Waals surface area contributed by atoms with E-state index in [0.29, 0.717) is 13.0 Å². The standard InChI is InChI=1S/C20H25N7O/c1-13-9-14(2)24-19(23-13)7-8-21-20(28)17-10-15(25-26-17)11-27-12-22-16-5-3-4-6-18(16)27/h3-6,9,12,15,17,25-26H,7-8,10-11H2,1-2H3,(H,21,28). The normalized spacial score (nSPS) is 19.2. The maximum Gasteiger partial charge on any atom is 0.238 e. The van der Waals surface area contributed by atoms with Crippen molar-refractivity contribution in [3.8, 4) is 0 Å². The maximum absolute atomic E-state index is 12.5. The van der Waals surface area contributed by atoms with Gasteiger partial charge < -0.3 is 9.88 Å². The molecular weight excluding hydrogens is 354 g/mol. The number of benzene rings is 1. The Kier molecular flexibility index (Phi) is 5.31. The SMILES string of the molecule is Cc1cc(C)nc(CCNC(=O)C2CC(Cn3cnc4ccccc43)NN2)n1. The molecular formula is C20H25N7O. The van der Waals surface area contributed by atoms with E-state index < -0.39 is 0 Å². The summed E-state index contributed by atoms with van der Waals surface area (Å²) in [7, 11) is 0. The van der Waals surface area contributed by atoms with Crippen LogP contribution < -0.4 is 16.2 Å². The van der Waals surface area contributed by atoms with Gasteiger partial charge >= 0.3 is 0 Å². The number of aryl methyl sites for hydroxylation is 2. The highest BCUT2D eigenvalue weighted by atomic mass is 16.2. The number of rotatable bonds is 6. The molecule has 1 fully saturated rings. The van der Waals surface area contributed by atoms with Gasteiger partial charge in [-0.3, -0.25) is 10.2 Å². The molecule has 3 heterocycles. The van der Waals surface area contributed by atoms with Crippen LogP contribution in [0.1, 0.15) is 23.6 Å². The van der Waals surface area contributed by atoms with Crippen LogP contribution in [0.25, 0.3) is 11.0 Å². The molecule has 1 aromatic carbocycles. The van der Waals surface area contributed by atoms with E-state index in [9.17, 15) is 4.79 Å². The smallest absolute Gasteiger partial charge is 0.238 e. The van der Waals surface area contributed by atoms with Crippen LogP contribution in [0.15, 0.2) is 36.7 Å². The van der Waals surface area contributed by atoms with Crippen molar-refractivity contribution in [2.24, 2.45) is 0 Å². The summed E-state index contributed by atoms with van der Waals surface area (Å²) in [4.78, 5) is 25.7. The van der Waals surface area contributed by atoms with Gasteiger partial charge in [0.15, 0.2) is 0 Å². The van der Waals surface area contributed by atoms with Crippen molar-refractivity contribution in [1.82, 2.24) is 35.7 Å². The van der Waals surface area contributed by atoms with E-state index in [1.54, 1.807) is 0 Å². The second kappa shape index (κ2) is 8.04. The van der Waals surface area contributed by atoms with Crippen molar-refractivity contribution < 1.29 is 4.79 Å². The quantitative estimate of drug-likeness (QED) is 0.592. The molecule has 0 radical (unpaired) electrons. The Morgan fingerprint density at radius 2 is 2.00 bits per heavy atom. The van der Waals surface area contributed by atoms with Crippen molar-refractivity contribution >= 4 is 16.9 Å². The lowest BCUT2D eigenvalue weighted by Gasteiger charge is -2.11. The Labute approximate surface area is 163 Å². The molecule has 28 heavy (non-hydrogen) atoms. The zero-order valence-corrected chi connectivity index (χ0v) is 16.1. The molecule has 0 saturated carbocycles. The molecule has 2 atom stereocenters. The summed E-state index contributed by atoms with van der Waals surface area (Å²) in [5.74, 6) is 0.759. The monoisotopic (exact) mass is 379 g/mol. The molecule has 1 aliphatic heterocycles. The highest BCUT2D eigenvalue weighted by Gasteiger charge is 2.29. The average molecular weight is 379 g/mol. The topological polar surface area (TPSA) is 96.8 Å². The Morgan fingerprint density at radius 1 is 1.21 bits per heavy atom. The third-order valence-electron chi connectivity index (χ3n) is 4.92. The van der Waals surface area contributed by atoms with Gasteiger partial charge in [0.05, 0.1) is 17.4 Å². The summed E-state index contributed by atoms with van der Waals surface area (Å²) < 4.78 is 2.12. The molecule has 1 saturated heterocycles. The first-order valence-corrected chi connectivity index (χ1v) is 9.58. The number of hydrogen-bond donors (Lipinski definition) is 3. The van der Waals surface area contributed by atoms with Crippen LogP contribution in [-0.4, -0.2) is 44.1 Å². The van der Waals surface area contributed by atoms with Gasteiger partial charge in [-0.05, 0) is 38.5 Å². The summed E-state index contributed by atoms with van der Waals surface area (Å²) in [5.41, 5.74) is 10.3. The first-order valence-electron chi connectivity index (χ1n) is 9.58. The summed E-state index contributed by atoms with van der Waals surface area (Å²) in [6.07, 6.45) is 3.20. The van der Waals surface area contributed by atoms with Crippen LogP contribution in [0.2, 0.25) is 0 Å². The van der Waals surface area contributed by atoms with Crippen LogP contribution in [0, 0.1) is 13.8 Å². The molecule has 146 valence electrons. The minimum absolute atomic E-state index is 0.00476. The van der Waals surface area contributed by atoms with Crippen LogP contribution >= 0.6 is 0 Å². The Bertz CT molecular complexity index is 963. The zero-order valence-electron chi connectivity index (χ0n) is 16.1. The molecule has 1 amide bonds. The van der Waals surface area contributed by atoms with Crippen LogP contribution in [0.3, 0.4) is 0 Å². The van der Waals surface area contributed by atoms with E-state index in [1.165, 1.54) is 0 Å². The highest BCUT2D eigenvalue weighted by Crippen LogP contribution is 2.15. The molecule has 8 nitrogen and oxygen atoms in total. The fraction of sp³-hybridized carbons (Fsp3) is 0.400. The number of carbonyl (C=O) groups is 1. The van der Waals surface area contributed by atoms with E-state index in [0.717, 1.165) is 41.2 Å². The van der Waals surface area contributed by atoms with Crippen LogP contribution in [-0.2, 0) is 17.8 Å². The van der Waals surface area contributed by atoms with Crippen LogP contribution in [0.4, 0.5) is 0 Å². The molecule has 3 N–H and O–H groups in total. The Morgan fingerprint density at radius 3 is 2.82 bits per heavy atom. The van der Waals surface area contributed by atoms with Gasteiger partial charge in [-0.15, -0.1) is 0 Å². The second-order valence-corrected chi connectivity index (χ2v) is 7.27. The molecule has 2 aromatic heterocycles. The number of nitrogens with zero attached hydrogens (tertiary/aromatic N) is 4. The molecule has 8 heteroatoms. The minimum atomic E-state index is -0.250. The second-order valence-electron chi connectivity index (χ2n) is 7.27. The number of carbonyl (C=O) groups excluding carboxylic acids is 1. The van der Waals surface area contributed by atoms with Crippen molar-refractivity contribution in [3.05, 3.63) is 53.9 Å². The minimum Gasteiger partial charge on any atom is -0.354 e. The largest absolute Gasteiger partial charge is 0.354 e. The lowest BCUT2D eigenvalue weighted by atomic mass is 10.1. The number of fused-ring (bicyclic) bond motifs is 1. The van der Waals surface area contributed by atoms with Gasteiger partial charge in [-0.1, -0.05) is 12.1 Å². The van der Waals surface area contributed by atoms with Gasteiger partial charge in [0.1, 0.15) is 11.9 Å². The Hall–Kier alpha value is -2.84. The molecule has 3 aromatic rings. The van der Waals surface area contributed by atoms with E-state index in [1.807, 2.05) is 44.4 Å². The van der Waals surface area contributed by atoms with E-state index in [4.69, 9.17) is 0 Å². The number of para-hydroxylation sites is 2. The van der Waals surface area contributed by atoms with Gasteiger partial charge in [0, 0.05) is 36.9 Å². The molecule has 0 bridgehead atoms. The third-order valence-corrected chi connectivity index (χ3v) is 4.92. The van der Waals surface area contributed by atoms with Gasteiger partial charge in [-0.25, -0.2) is 20.4 Å². The van der Waals surface area contributed by atoms with Gasteiger partial charge in [0.25, 0.3) is 0 Å². The van der Waals surface area contributed by atoms with Crippen molar-refractivity contribution in [1.29, 1.82) is 0 Å². The molecule has 0 spiro atoms. The predicted octanol–water partition coefficient (Wildman–Crippen LogP) is 1.04. The van der Waals surface area contributed by atoms with Crippen molar-refractivity contribution in [2.75, 3.05) is 6.54 Å². The van der Waals surface area contributed by atoms with E-state index in [-0.39, 0.29) is 18.0 Å². The first kappa shape index (κ1) is 18.5. The lowest BCUT2D eigenvalue weighted by molar-refractivity contribution is -0.122. The number of hydrazine groups is 1. The lowest BCUT2D eigenvalue weighted by Crippen LogP contribution is -2.44. The van der Waals surface area contributed by atoms with Gasteiger partial charge in [0.2, 0.25) is 5.91 Å². The van der Waals surface area contributed by atoms with Crippen molar-refractivity contribution in [3.63, 3.8) is 0 Å². The summed E-state index contributed by atoms with van der Waals surface area (Å²) in [6, 6.07) is 9.91. The molecule has 4 rings (SSSR count). The third kappa shape index (κ3) is 4.18. The van der Waals surface area contributed by atoms with Crippen LogP contribution in [0.5, 0.6) is 0 Å². The van der Waals surface area contributed by atoms with E-state index in [2.05, 4.69) is 41.8 Å². The number of aromatic nitrogens is 4. The average Bonchev–Trinajstić information content (AvgIpc) is 3.29. The fourth-order valence-electron chi connectivity index (χ4n) is 3.64. The number of nitrogens with one attached hydrogen (secondary N) is 3. The first-order chi connectivity index (χ1) is 13.6. The molecule has 2 unspecified atom stereocenters. The fourth-order valence-corrected chi connectivity index (χ4v) is 3.64. The summed E-state index contributed by atoms with van der Waals surface area (Å²) >= 11 is 0. The summed E-state index contributed by atoms with van der Waals surface area (Å²) in [6.45, 7) is 5.19. The predicted molar refractivity (Wildman–Crippen MR) is 106 cm³/mol.